The first kappa shape index (κ1) is 15.0. The van der Waals surface area contributed by atoms with Crippen LogP contribution in [0.15, 0.2) is 42.6 Å². The maximum absolute atomic E-state index is 13.1. The van der Waals surface area contributed by atoms with Crippen LogP contribution >= 0.6 is 0 Å². The molecule has 116 valence electrons. The maximum atomic E-state index is 13.1. The molecule has 1 N–H and O–H groups in total. The predicted octanol–water partition coefficient (Wildman–Crippen LogP) is 2.93. The molecule has 0 atom stereocenters. The van der Waals surface area contributed by atoms with E-state index in [4.69, 9.17) is 0 Å². The summed E-state index contributed by atoms with van der Waals surface area (Å²) in [7, 11) is 0. The largest absolute Gasteiger partial charge is 0.331 e. The van der Waals surface area contributed by atoms with Crippen LogP contribution in [0.4, 0.5) is 15.0 Å². The quantitative estimate of drug-likeness (QED) is 0.823. The van der Waals surface area contributed by atoms with Crippen molar-refractivity contribution in [2.75, 3.05) is 11.4 Å². The lowest BCUT2D eigenvalue weighted by Crippen LogP contribution is -2.36. The van der Waals surface area contributed by atoms with Crippen LogP contribution in [0.5, 0.6) is 0 Å². The zero-order valence-electron chi connectivity index (χ0n) is 12.9. The highest BCUT2D eigenvalue weighted by Gasteiger charge is 2.36. The summed E-state index contributed by atoms with van der Waals surface area (Å²) in [5.41, 5.74) is 1.04. The highest BCUT2D eigenvalue weighted by molar-refractivity contribution is 5.94. The van der Waals surface area contributed by atoms with Gasteiger partial charge >= 0.3 is 6.03 Å². The average molecular weight is 309 g/mol. The minimum atomic E-state index is -0.312. The second-order valence-electron chi connectivity index (χ2n) is 6.07. The van der Waals surface area contributed by atoms with Gasteiger partial charge in [-0.05, 0) is 44.2 Å². The van der Waals surface area contributed by atoms with E-state index in [1.807, 2.05) is 13.8 Å². The molecule has 0 aliphatic carbocycles. The van der Waals surface area contributed by atoms with E-state index in [0.717, 1.165) is 0 Å². The fourth-order valence-corrected chi connectivity index (χ4v) is 2.38. The fourth-order valence-electron chi connectivity index (χ4n) is 2.38. The molecular formula is C18H16FN3O. The molecule has 1 fully saturated rings. The van der Waals surface area contributed by atoms with Gasteiger partial charge in [0.25, 0.3) is 0 Å². The fraction of sp³-hybridized carbons (Fsp3) is 0.222. The minimum absolute atomic E-state index is 0.152. The molecule has 0 spiro atoms. The van der Waals surface area contributed by atoms with Gasteiger partial charge in [0.1, 0.15) is 11.6 Å². The van der Waals surface area contributed by atoms with Crippen LogP contribution in [0.3, 0.4) is 0 Å². The Morgan fingerprint density at radius 2 is 2.00 bits per heavy atom. The molecule has 23 heavy (non-hydrogen) atoms. The third kappa shape index (κ3) is 3.49. The van der Waals surface area contributed by atoms with Crippen LogP contribution in [0, 0.1) is 17.7 Å². The number of hydrogen-bond acceptors (Lipinski definition) is 2. The number of nitrogens with one attached hydrogen (secondary N) is 1. The van der Waals surface area contributed by atoms with E-state index in [-0.39, 0.29) is 17.4 Å². The lowest BCUT2D eigenvalue weighted by molar-refractivity contribution is 0.248. The van der Waals surface area contributed by atoms with Gasteiger partial charge in [-0.1, -0.05) is 17.9 Å². The van der Waals surface area contributed by atoms with Gasteiger partial charge in [0.2, 0.25) is 0 Å². The Morgan fingerprint density at radius 3 is 2.61 bits per heavy atom. The number of aromatic nitrogens is 1. The topological polar surface area (TPSA) is 45.2 Å². The molecule has 2 amide bonds. The van der Waals surface area contributed by atoms with Gasteiger partial charge in [-0.25, -0.2) is 14.2 Å². The van der Waals surface area contributed by atoms with Gasteiger partial charge in [0.15, 0.2) is 0 Å². The molecular weight excluding hydrogens is 293 g/mol. The van der Waals surface area contributed by atoms with Crippen molar-refractivity contribution < 1.29 is 9.18 Å². The Labute approximate surface area is 134 Å². The molecule has 1 aromatic heterocycles. The summed E-state index contributed by atoms with van der Waals surface area (Å²) in [6.07, 6.45) is 1.61. The molecule has 1 aliphatic heterocycles. The smallest absolute Gasteiger partial charge is 0.323 e. The number of halogens is 1. The number of amides is 2. The number of rotatable bonds is 1. The van der Waals surface area contributed by atoms with Crippen molar-refractivity contribution >= 4 is 11.8 Å². The van der Waals surface area contributed by atoms with Crippen LogP contribution in [0.1, 0.15) is 25.0 Å². The van der Waals surface area contributed by atoms with Crippen molar-refractivity contribution in [1.82, 2.24) is 10.3 Å². The standard InChI is InChI=1S/C18H16FN3O/c1-18(2)12-22(17(23)21-18)16-9-8-14(11-20-16)7-6-13-4-3-5-15(19)10-13/h3-5,8-11H,12H2,1-2H3,(H,21,23). The maximum Gasteiger partial charge on any atom is 0.323 e. The molecule has 3 rings (SSSR count). The number of benzene rings is 1. The van der Waals surface area contributed by atoms with Crippen LogP contribution < -0.4 is 10.2 Å². The zero-order chi connectivity index (χ0) is 16.4. The number of nitrogens with zero attached hydrogens (tertiary/aromatic N) is 2. The molecule has 2 heterocycles. The normalized spacial score (nSPS) is 15.8. The Morgan fingerprint density at radius 1 is 1.22 bits per heavy atom. The number of pyridine rings is 1. The number of hydrogen-bond donors (Lipinski definition) is 1. The molecule has 0 radical (unpaired) electrons. The van der Waals surface area contributed by atoms with Crippen molar-refractivity contribution in [3.8, 4) is 11.8 Å². The average Bonchev–Trinajstić information content (AvgIpc) is 2.79. The Bertz CT molecular complexity index is 803. The summed E-state index contributed by atoms with van der Waals surface area (Å²) >= 11 is 0. The van der Waals surface area contributed by atoms with E-state index in [1.54, 1.807) is 35.4 Å². The first-order valence-electron chi connectivity index (χ1n) is 7.26. The molecule has 4 nitrogen and oxygen atoms in total. The van der Waals surface area contributed by atoms with Crippen molar-refractivity contribution in [2.45, 2.75) is 19.4 Å². The molecule has 0 unspecified atom stereocenters. The SMILES string of the molecule is CC1(C)CN(c2ccc(C#Cc3cccc(F)c3)cn2)C(=O)N1. The second kappa shape index (κ2) is 5.73. The molecule has 0 bridgehead atoms. The third-order valence-corrected chi connectivity index (χ3v) is 3.44. The summed E-state index contributed by atoms with van der Waals surface area (Å²) in [4.78, 5) is 17.8. The summed E-state index contributed by atoms with van der Waals surface area (Å²) in [6, 6.07) is 9.53. The Balaban J connectivity index is 1.77. The van der Waals surface area contributed by atoms with Crippen molar-refractivity contribution in [3.05, 3.63) is 59.5 Å². The summed E-state index contributed by atoms with van der Waals surface area (Å²) in [5.74, 6) is 6.10. The van der Waals surface area contributed by atoms with Gasteiger partial charge in [0.05, 0.1) is 12.1 Å². The number of urea groups is 1. The van der Waals surface area contributed by atoms with Crippen molar-refractivity contribution in [1.29, 1.82) is 0 Å². The molecule has 1 aliphatic rings. The Kier molecular flexibility index (Phi) is 3.75. The van der Waals surface area contributed by atoms with Crippen LogP contribution in [-0.4, -0.2) is 23.1 Å². The van der Waals surface area contributed by atoms with E-state index in [1.165, 1.54) is 12.1 Å². The molecule has 2 aromatic rings. The second-order valence-corrected chi connectivity index (χ2v) is 6.07. The van der Waals surface area contributed by atoms with E-state index >= 15 is 0 Å². The zero-order valence-corrected chi connectivity index (χ0v) is 12.9. The lowest BCUT2D eigenvalue weighted by atomic mass is 10.1. The van der Waals surface area contributed by atoms with Gasteiger partial charge in [0, 0.05) is 17.3 Å². The van der Waals surface area contributed by atoms with Crippen LogP contribution in [-0.2, 0) is 0 Å². The molecule has 5 heteroatoms. The lowest BCUT2D eigenvalue weighted by Gasteiger charge is -2.16. The van der Waals surface area contributed by atoms with E-state index < -0.39 is 0 Å². The number of carbonyl (C=O) groups is 1. The predicted molar refractivity (Wildman–Crippen MR) is 86.6 cm³/mol. The highest BCUT2D eigenvalue weighted by Crippen LogP contribution is 2.20. The van der Waals surface area contributed by atoms with E-state index in [0.29, 0.717) is 23.5 Å². The van der Waals surface area contributed by atoms with E-state index in [9.17, 15) is 9.18 Å². The number of carbonyl (C=O) groups excluding carboxylic acids is 1. The minimum Gasteiger partial charge on any atom is -0.331 e. The third-order valence-electron chi connectivity index (χ3n) is 3.44. The molecule has 0 saturated carbocycles. The first-order valence-corrected chi connectivity index (χ1v) is 7.26. The molecule has 1 aromatic carbocycles. The van der Waals surface area contributed by atoms with Gasteiger partial charge in [-0.15, -0.1) is 0 Å². The summed E-state index contributed by atoms with van der Waals surface area (Å²) < 4.78 is 13.1. The summed E-state index contributed by atoms with van der Waals surface area (Å²) in [5, 5.41) is 2.89. The van der Waals surface area contributed by atoms with E-state index in [2.05, 4.69) is 22.1 Å². The van der Waals surface area contributed by atoms with Crippen molar-refractivity contribution in [2.24, 2.45) is 0 Å². The Hall–Kier alpha value is -2.87. The van der Waals surface area contributed by atoms with Gasteiger partial charge in [-0.3, -0.25) is 4.90 Å². The highest BCUT2D eigenvalue weighted by atomic mass is 19.1. The van der Waals surface area contributed by atoms with Gasteiger partial charge in [-0.2, -0.15) is 0 Å². The number of anilines is 1. The first-order chi connectivity index (χ1) is 10.9. The van der Waals surface area contributed by atoms with Crippen LogP contribution in [0.2, 0.25) is 0 Å². The van der Waals surface area contributed by atoms with Crippen LogP contribution in [0.25, 0.3) is 0 Å². The monoisotopic (exact) mass is 309 g/mol. The summed E-state index contributed by atoms with van der Waals surface area (Å²) in [6.45, 7) is 4.49. The van der Waals surface area contributed by atoms with Crippen molar-refractivity contribution in [3.63, 3.8) is 0 Å². The molecule has 1 saturated heterocycles. The van der Waals surface area contributed by atoms with Gasteiger partial charge < -0.3 is 5.32 Å².